The Labute approximate surface area is 175 Å². The van der Waals surface area contributed by atoms with Gasteiger partial charge in [0.1, 0.15) is 11.8 Å². The summed E-state index contributed by atoms with van der Waals surface area (Å²) >= 11 is 0. The van der Waals surface area contributed by atoms with E-state index < -0.39 is 12.0 Å². The summed E-state index contributed by atoms with van der Waals surface area (Å²) < 4.78 is 7.88. The van der Waals surface area contributed by atoms with Gasteiger partial charge >= 0.3 is 0 Å². The highest BCUT2D eigenvalue weighted by molar-refractivity contribution is 5.97. The maximum absolute atomic E-state index is 11.5. The molecule has 1 aromatic carbocycles. The van der Waals surface area contributed by atoms with Gasteiger partial charge in [-0.15, -0.1) is 0 Å². The number of H-pyrrole nitrogens is 1. The van der Waals surface area contributed by atoms with E-state index in [1.807, 2.05) is 25.3 Å². The van der Waals surface area contributed by atoms with Crippen LogP contribution in [0.15, 0.2) is 55.0 Å². The lowest BCUT2D eigenvalue weighted by Gasteiger charge is -2.19. The van der Waals surface area contributed by atoms with E-state index in [1.165, 1.54) is 0 Å². The van der Waals surface area contributed by atoms with Crippen molar-refractivity contribution in [3.8, 4) is 11.4 Å². The molecule has 154 valence electrons. The number of pyridine rings is 2. The second kappa shape index (κ2) is 7.10. The van der Waals surface area contributed by atoms with Crippen LogP contribution in [0.5, 0.6) is 5.75 Å². The van der Waals surface area contributed by atoms with Crippen molar-refractivity contribution in [2.45, 2.75) is 13.0 Å². The molecular weight excluding hydrogens is 396 g/mol. The Kier molecular flexibility index (Phi) is 4.25. The summed E-state index contributed by atoms with van der Waals surface area (Å²) in [5.74, 6) is 0.0875. The number of rotatable bonds is 5. The highest BCUT2D eigenvalue weighted by atomic mass is 16.5. The molecule has 0 fully saturated rings. The fourth-order valence-corrected chi connectivity index (χ4v) is 3.44. The highest BCUT2D eigenvalue weighted by Gasteiger charge is 2.20. The van der Waals surface area contributed by atoms with Gasteiger partial charge in [0.2, 0.25) is 5.91 Å². The van der Waals surface area contributed by atoms with E-state index in [2.05, 4.69) is 20.3 Å². The first-order valence-electron chi connectivity index (χ1n) is 9.50. The number of nitrogens with two attached hydrogens (primary N) is 2. The molecule has 0 aliphatic heterocycles. The summed E-state index contributed by atoms with van der Waals surface area (Å²) in [4.78, 5) is 20.6. The first-order chi connectivity index (χ1) is 15.0. The van der Waals surface area contributed by atoms with Crippen molar-refractivity contribution in [1.82, 2.24) is 29.9 Å². The zero-order chi connectivity index (χ0) is 21.5. The van der Waals surface area contributed by atoms with Crippen LogP contribution in [0.4, 0.5) is 5.82 Å². The largest absolute Gasteiger partial charge is 0.480 e. The summed E-state index contributed by atoms with van der Waals surface area (Å²) in [6.45, 7) is 1.86. The van der Waals surface area contributed by atoms with Crippen LogP contribution in [0.3, 0.4) is 0 Å². The molecule has 5 N–H and O–H groups in total. The number of fused-ring (bicyclic) bond motifs is 2. The van der Waals surface area contributed by atoms with Gasteiger partial charge in [-0.2, -0.15) is 10.2 Å². The van der Waals surface area contributed by atoms with Gasteiger partial charge in [-0.05, 0) is 43.3 Å². The van der Waals surface area contributed by atoms with E-state index in [4.69, 9.17) is 21.2 Å². The molecule has 0 aliphatic rings. The van der Waals surface area contributed by atoms with Crippen molar-refractivity contribution in [2.24, 2.45) is 5.73 Å². The van der Waals surface area contributed by atoms with Crippen molar-refractivity contribution < 1.29 is 9.53 Å². The van der Waals surface area contributed by atoms with Crippen LogP contribution in [-0.2, 0) is 0 Å². The van der Waals surface area contributed by atoms with Gasteiger partial charge in [0.05, 0.1) is 17.4 Å². The minimum Gasteiger partial charge on any atom is -0.480 e. The van der Waals surface area contributed by atoms with E-state index >= 15 is 0 Å². The van der Waals surface area contributed by atoms with Crippen LogP contribution in [0.2, 0.25) is 0 Å². The Morgan fingerprint density at radius 3 is 2.84 bits per heavy atom. The van der Waals surface area contributed by atoms with Crippen LogP contribution in [-0.4, -0.2) is 35.9 Å². The number of amides is 1. The fraction of sp³-hybridized carbons (Fsp3) is 0.0952. The number of carbonyl (C=O) groups excluding carboxylic acids is 1. The lowest BCUT2D eigenvalue weighted by atomic mass is 10.1. The Hall–Kier alpha value is -4.47. The Morgan fingerprint density at radius 2 is 2.06 bits per heavy atom. The van der Waals surface area contributed by atoms with E-state index in [0.717, 1.165) is 11.1 Å². The molecule has 0 unspecified atom stereocenters. The van der Waals surface area contributed by atoms with E-state index in [0.29, 0.717) is 33.6 Å². The summed E-state index contributed by atoms with van der Waals surface area (Å²) in [5, 5.41) is 12.8. The molecule has 0 saturated heterocycles. The van der Waals surface area contributed by atoms with Crippen molar-refractivity contribution >= 4 is 33.7 Å². The van der Waals surface area contributed by atoms with Crippen LogP contribution in [0.1, 0.15) is 29.1 Å². The quantitative estimate of drug-likeness (QED) is 0.400. The molecule has 1 atom stereocenters. The molecule has 10 heteroatoms. The number of primary amides is 1. The summed E-state index contributed by atoms with van der Waals surface area (Å²) in [5.41, 5.74) is 14.6. The number of hydrogen-bond donors (Lipinski definition) is 3. The van der Waals surface area contributed by atoms with Gasteiger partial charge in [-0.1, -0.05) is 0 Å². The number of carbonyl (C=O) groups is 1. The van der Waals surface area contributed by atoms with E-state index in [-0.39, 0.29) is 5.82 Å². The molecule has 0 saturated carbocycles. The van der Waals surface area contributed by atoms with Gasteiger partial charge in [-0.25, -0.2) is 14.6 Å². The first kappa shape index (κ1) is 18.6. The Morgan fingerprint density at radius 1 is 1.19 bits per heavy atom. The topological polar surface area (TPSA) is 151 Å². The molecule has 4 heterocycles. The zero-order valence-corrected chi connectivity index (χ0v) is 16.5. The molecule has 0 radical (unpaired) electrons. The number of aromatic amines is 1. The Bertz CT molecular complexity index is 1420. The molecule has 0 spiro atoms. The first-order valence-corrected chi connectivity index (χ1v) is 9.50. The zero-order valence-electron chi connectivity index (χ0n) is 16.5. The number of hydrogen-bond acceptors (Lipinski definition) is 7. The second-order valence-corrected chi connectivity index (χ2v) is 7.05. The third kappa shape index (κ3) is 3.29. The van der Waals surface area contributed by atoms with Gasteiger partial charge in [0.25, 0.3) is 0 Å². The van der Waals surface area contributed by atoms with Crippen LogP contribution in [0.25, 0.3) is 27.6 Å². The van der Waals surface area contributed by atoms with E-state index in [9.17, 15) is 4.79 Å². The molecule has 5 rings (SSSR count). The molecule has 31 heavy (non-hydrogen) atoms. The number of nitrogens with one attached hydrogen (secondary N) is 1. The summed E-state index contributed by atoms with van der Waals surface area (Å²) in [7, 11) is 0. The average Bonchev–Trinajstić information content (AvgIpc) is 3.44. The van der Waals surface area contributed by atoms with Crippen molar-refractivity contribution in [2.75, 3.05) is 5.73 Å². The molecule has 0 aliphatic carbocycles. The molecular formula is C21H18N8O2. The maximum atomic E-state index is 11.5. The minimum absolute atomic E-state index is 0.231. The maximum Gasteiger partial charge on any atom is 0.248 e. The standard InChI is InChI=1S/C21H18N8O2/c1-11(18-16(29-6-2-5-25-29)8-14-10-24-28-21(14)27-18)31-17-9-13-7-12(20(23)30)3-4-15(13)26-19(17)22/h2-11H,1H3,(H2,22,26)(H2,23,30)(H,24,27,28)/t11-/m0/s1. The third-order valence-electron chi connectivity index (χ3n) is 4.97. The highest BCUT2D eigenvalue weighted by Crippen LogP contribution is 2.32. The number of nitrogens with zero attached hydrogens (tertiary/aromatic N) is 5. The third-order valence-corrected chi connectivity index (χ3v) is 4.97. The van der Waals surface area contributed by atoms with Crippen molar-refractivity contribution in [1.29, 1.82) is 0 Å². The Balaban J connectivity index is 1.57. The lowest BCUT2D eigenvalue weighted by Crippen LogP contribution is -2.12. The summed E-state index contributed by atoms with van der Waals surface area (Å²) in [6, 6.07) is 10.5. The van der Waals surface area contributed by atoms with Crippen LogP contribution in [0, 0.1) is 0 Å². The SMILES string of the molecule is C[C@H](Oc1cc2cc(C(N)=O)ccc2nc1N)c1nc2[nH]ncc2cc1-n1cccn1. The predicted octanol–water partition coefficient (Wildman–Crippen LogP) is 2.51. The van der Waals surface area contributed by atoms with Crippen molar-refractivity contribution in [3.63, 3.8) is 0 Å². The van der Waals surface area contributed by atoms with Crippen LogP contribution < -0.4 is 16.2 Å². The molecule has 4 aromatic heterocycles. The predicted molar refractivity (Wildman–Crippen MR) is 115 cm³/mol. The average molecular weight is 414 g/mol. The van der Waals surface area contributed by atoms with Gasteiger partial charge in [0.15, 0.2) is 17.2 Å². The lowest BCUT2D eigenvalue weighted by molar-refractivity contribution is 0.100. The van der Waals surface area contributed by atoms with Gasteiger partial charge in [-0.3, -0.25) is 9.89 Å². The fourth-order valence-electron chi connectivity index (χ4n) is 3.44. The number of ether oxygens (including phenoxy) is 1. The van der Waals surface area contributed by atoms with Crippen molar-refractivity contribution in [3.05, 3.63) is 66.2 Å². The molecule has 0 bridgehead atoms. The normalized spacial score (nSPS) is 12.3. The molecule has 1 amide bonds. The van der Waals surface area contributed by atoms with E-state index in [1.54, 1.807) is 41.3 Å². The van der Waals surface area contributed by atoms with Gasteiger partial charge < -0.3 is 16.2 Å². The number of anilines is 1. The van der Waals surface area contributed by atoms with Crippen LogP contribution >= 0.6 is 0 Å². The molecule has 5 aromatic rings. The number of nitrogen functional groups attached to an aromatic ring is 1. The summed E-state index contributed by atoms with van der Waals surface area (Å²) in [6.07, 6.45) is 4.73. The smallest absolute Gasteiger partial charge is 0.248 e. The second-order valence-electron chi connectivity index (χ2n) is 7.05. The molecule has 10 nitrogen and oxygen atoms in total. The number of aromatic nitrogens is 6. The number of benzene rings is 1. The minimum atomic E-state index is -0.518. The monoisotopic (exact) mass is 414 g/mol. The van der Waals surface area contributed by atoms with Gasteiger partial charge in [0, 0.05) is 28.7 Å².